The van der Waals surface area contributed by atoms with Crippen LogP contribution in [-0.4, -0.2) is 11.7 Å². The molecule has 0 aliphatic carbocycles. The smallest absolute Gasteiger partial charge is 0.0431 e. The van der Waals surface area contributed by atoms with Crippen LogP contribution in [0.4, 0.5) is 0 Å². The molecule has 0 aromatic rings. The van der Waals surface area contributed by atoms with Crippen molar-refractivity contribution in [2.75, 3.05) is 6.61 Å². The van der Waals surface area contributed by atoms with Crippen LogP contribution in [0, 0.1) is 5.92 Å². The zero-order chi connectivity index (χ0) is 14.9. The fraction of sp³-hybridized carbons (Fsp3) is 1.00. The Bertz CT molecular complexity index is 167. The van der Waals surface area contributed by atoms with E-state index in [1.54, 1.807) is 0 Å². The summed E-state index contributed by atoms with van der Waals surface area (Å²) in [5, 5.41) is 8.68. The van der Waals surface area contributed by atoms with Crippen LogP contribution in [0.3, 0.4) is 0 Å². The molecule has 1 N–H and O–H groups in total. The molecule has 20 heavy (non-hydrogen) atoms. The summed E-state index contributed by atoms with van der Waals surface area (Å²) in [6, 6.07) is 0. The van der Waals surface area contributed by atoms with Gasteiger partial charge in [-0.25, -0.2) is 0 Å². The van der Waals surface area contributed by atoms with Crippen LogP contribution in [0.1, 0.15) is 110 Å². The van der Waals surface area contributed by atoms with Crippen molar-refractivity contribution in [1.82, 2.24) is 0 Å². The molecule has 0 bridgehead atoms. The van der Waals surface area contributed by atoms with Gasteiger partial charge in [0.1, 0.15) is 0 Å². The van der Waals surface area contributed by atoms with Crippen LogP contribution >= 0.6 is 0 Å². The summed E-state index contributed by atoms with van der Waals surface area (Å²) in [6.07, 6.45) is 20.6. The maximum Gasteiger partial charge on any atom is 0.0431 e. The van der Waals surface area contributed by atoms with E-state index >= 15 is 0 Å². The number of rotatable bonds is 16. The summed E-state index contributed by atoms with van der Waals surface area (Å²) in [5.41, 5.74) is 0. The molecule has 0 amide bonds. The molecule has 0 fully saturated rings. The van der Waals surface area contributed by atoms with Gasteiger partial charge in [-0.3, -0.25) is 0 Å². The van der Waals surface area contributed by atoms with Gasteiger partial charge in [0.15, 0.2) is 0 Å². The molecule has 0 aliphatic rings. The highest BCUT2D eigenvalue weighted by Crippen LogP contribution is 2.16. The van der Waals surface area contributed by atoms with Crippen molar-refractivity contribution in [3.05, 3.63) is 0 Å². The van der Waals surface area contributed by atoms with Crippen molar-refractivity contribution >= 4 is 0 Å². The number of unbranched alkanes of at least 4 members (excludes halogenated alkanes) is 11. The van der Waals surface area contributed by atoms with Crippen molar-refractivity contribution < 1.29 is 5.11 Å². The van der Waals surface area contributed by atoms with E-state index in [9.17, 15) is 0 Å². The number of hydrogen-bond donors (Lipinski definition) is 1. The first-order valence-corrected chi connectivity index (χ1v) is 9.42. The molecule has 0 saturated carbocycles. The van der Waals surface area contributed by atoms with Crippen LogP contribution in [0.2, 0.25) is 0 Å². The lowest BCUT2D eigenvalue weighted by Gasteiger charge is -2.09. The van der Waals surface area contributed by atoms with Crippen LogP contribution in [-0.2, 0) is 0 Å². The normalized spacial score (nSPS) is 12.8. The lowest BCUT2D eigenvalue weighted by atomic mass is 9.98. The Labute approximate surface area is 128 Å². The molecule has 122 valence electrons. The lowest BCUT2D eigenvalue weighted by Crippen LogP contribution is -1.93. The molecule has 0 saturated heterocycles. The fourth-order valence-corrected chi connectivity index (χ4v) is 3.01. The third kappa shape index (κ3) is 16.0. The summed E-state index contributed by atoms with van der Waals surface area (Å²) in [6.45, 7) is 5.07. The second-order valence-electron chi connectivity index (χ2n) is 6.65. The molecule has 1 atom stereocenters. The molecule has 0 aromatic carbocycles. The second kappa shape index (κ2) is 17.0. The van der Waals surface area contributed by atoms with E-state index < -0.39 is 0 Å². The third-order valence-electron chi connectivity index (χ3n) is 4.39. The Kier molecular flexibility index (Phi) is 17.0. The molecule has 1 unspecified atom stereocenters. The van der Waals surface area contributed by atoms with Crippen molar-refractivity contribution in [1.29, 1.82) is 0 Å². The molecule has 1 nitrogen and oxygen atoms in total. The van der Waals surface area contributed by atoms with Crippen LogP contribution in [0.25, 0.3) is 0 Å². The molecule has 0 aromatic heterocycles. The highest BCUT2D eigenvalue weighted by atomic mass is 16.2. The Morgan fingerprint density at radius 2 is 1.00 bits per heavy atom. The zero-order valence-corrected chi connectivity index (χ0v) is 14.3. The minimum atomic E-state index is 0.372. The molecular formula is C19H40O. The maximum absolute atomic E-state index is 8.68. The van der Waals surface area contributed by atoms with Crippen LogP contribution in [0.15, 0.2) is 0 Å². The topological polar surface area (TPSA) is 20.2 Å². The molecule has 1 heteroatoms. The van der Waals surface area contributed by atoms with Gasteiger partial charge in [-0.05, 0) is 12.3 Å². The van der Waals surface area contributed by atoms with Crippen LogP contribution < -0.4 is 0 Å². The van der Waals surface area contributed by atoms with E-state index in [2.05, 4.69) is 13.8 Å². The number of hydrogen-bond acceptors (Lipinski definition) is 1. The van der Waals surface area contributed by atoms with E-state index in [1.165, 1.54) is 89.9 Å². The monoisotopic (exact) mass is 284 g/mol. The summed E-state index contributed by atoms with van der Waals surface area (Å²) < 4.78 is 0. The van der Waals surface area contributed by atoms with Gasteiger partial charge < -0.3 is 5.11 Å². The standard InChI is InChI=1S/C19H40O/c1-3-16-19(2)17-14-12-10-8-6-4-5-7-9-11-13-15-18-20/h19-20H,3-18H2,1-2H3. The molecule has 0 heterocycles. The van der Waals surface area contributed by atoms with Crippen molar-refractivity contribution in [2.24, 2.45) is 5.92 Å². The minimum absolute atomic E-state index is 0.372. The van der Waals surface area contributed by atoms with Gasteiger partial charge in [0.25, 0.3) is 0 Å². The van der Waals surface area contributed by atoms with Crippen molar-refractivity contribution in [2.45, 2.75) is 110 Å². The highest BCUT2D eigenvalue weighted by molar-refractivity contribution is 4.54. The SMILES string of the molecule is CCCC(C)CCCCCCCCCCCCCCO. The predicted molar refractivity (Wildman–Crippen MR) is 91.2 cm³/mol. The molecular weight excluding hydrogens is 244 g/mol. The first-order chi connectivity index (χ1) is 9.81. The third-order valence-corrected chi connectivity index (χ3v) is 4.39. The van der Waals surface area contributed by atoms with E-state index in [1.807, 2.05) is 0 Å². The van der Waals surface area contributed by atoms with Gasteiger partial charge in [-0.15, -0.1) is 0 Å². The minimum Gasteiger partial charge on any atom is -0.396 e. The first-order valence-electron chi connectivity index (χ1n) is 9.42. The summed E-state index contributed by atoms with van der Waals surface area (Å²) in [7, 11) is 0. The number of aliphatic hydroxyl groups excluding tert-OH is 1. The van der Waals surface area contributed by atoms with Gasteiger partial charge in [0.2, 0.25) is 0 Å². The van der Waals surface area contributed by atoms with Gasteiger partial charge in [-0.1, -0.05) is 104 Å². The van der Waals surface area contributed by atoms with Gasteiger partial charge in [-0.2, -0.15) is 0 Å². The summed E-state index contributed by atoms with van der Waals surface area (Å²) >= 11 is 0. The zero-order valence-electron chi connectivity index (χ0n) is 14.3. The molecule has 0 radical (unpaired) electrons. The Morgan fingerprint density at radius 3 is 1.40 bits per heavy atom. The summed E-state index contributed by atoms with van der Waals surface area (Å²) in [5.74, 6) is 0.950. The fourth-order valence-electron chi connectivity index (χ4n) is 3.01. The molecule has 0 spiro atoms. The Hall–Kier alpha value is -0.0400. The lowest BCUT2D eigenvalue weighted by molar-refractivity contribution is 0.282. The molecule has 0 rings (SSSR count). The maximum atomic E-state index is 8.68. The Balaban J connectivity index is 2.99. The van der Waals surface area contributed by atoms with E-state index in [-0.39, 0.29) is 0 Å². The highest BCUT2D eigenvalue weighted by Gasteiger charge is 2.00. The Morgan fingerprint density at radius 1 is 0.600 bits per heavy atom. The second-order valence-corrected chi connectivity index (χ2v) is 6.65. The number of aliphatic hydroxyl groups is 1. The summed E-state index contributed by atoms with van der Waals surface area (Å²) in [4.78, 5) is 0. The largest absolute Gasteiger partial charge is 0.396 e. The predicted octanol–water partition coefficient (Wildman–Crippen LogP) is 6.49. The van der Waals surface area contributed by atoms with E-state index in [0.717, 1.165) is 12.3 Å². The molecule has 0 aliphatic heterocycles. The van der Waals surface area contributed by atoms with E-state index in [4.69, 9.17) is 5.11 Å². The van der Waals surface area contributed by atoms with Gasteiger partial charge >= 0.3 is 0 Å². The first kappa shape index (κ1) is 20.0. The van der Waals surface area contributed by atoms with Gasteiger partial charge in [0.05, 0.1) is 0 Å². The van der Waals surface area contributed by atoms with Gasteiger partial charge in [0, 0.05) is 6.61 Å². The van der Waals surface area contributed by atoms with E-state index in [0.29, 0.717) is 6.61 Å². The quantitative estimate of drug-likeness (QED) is 0.321. The van der Waals surface area contributed by atoms with Crippen LogP contribution in [0.5, 0.6) is 0 Å². The van der Waals surface area contributed by atoms with Crippen molar-refractivity contribution in [3.8, 4) is 0 Å². The average molecular weight is 285 g/mol. The van der Waals surface area contributed by atoms with Crippen molar-refractivity contribution in [3.63, 3.8) is 0 Å². The average Bonchev–Trinajstić information content (AvgIpc) is 2.44.